The molecule has 3 N–H and O–H groups in total. The molecular weight excluding hydrogens is 242 g/mol. The van der Waals surface area contributed by atoms with Crippen molar-refractivity contribution in [1.29, 1.82) is 0 Å². The summed E-state index contributed by atoms with van der Waals surface area (Å²) >= 11 is 0. The van der Waals surface area contributed by atoms with Gasteiger partial charge in [0.05, 0.1) is 6.04 Å². The second-order valence-electron chi connectivity index (χ2n) is 4.90. The fourth-order valence-corrected chi connectivity index (χ4v) is 2.26. The van der Waals surface area contributed by atoms with Gasteiger partial charge in [-0.3, -0.25) is 9.59 Å². The Labute approximate surface area is 112 Å². The number of nitrogens with two attached hydrogens (primary N) is 1. The average Bonchev–Trinajstić information content (AvgIpc) is 2.37. The van der Waals surface area contributed by atoms with Crippen LogP contribution in [-0.2, 0) is 16.0 Å². The Morgan fingerprint density at radius 1 is 1.42 bits per heavy atom. The van der Waals surface area contributed by atoms with E-state index in [4.69, 9.17) is 5.73 Å². The number of rotatable bonds is 2. The zero-order chi connectivity index (χ0) is 14.0. The summed E-state index contributed by atoms with van der Waals surface area (Å²) in [5.74, 6) is -0.160. The normalized spacial score (nSPS) is 15.6. The van der Waals surface area contributed by atoms with Crippen molar-refractivity contribution in [2.45, 2.75) is 32.7 Å². The predicted octanol–water partition coefficient (Wildman–Crippen LogP) is 1.27. The van der Waals surface area contributed by atoms with Crippen LogP contribution in [0.5, 0.6) is 0 Å². The highest BCUT2D eigenvalue weighted by Gasteiger charge is 2.20. The van der Waals surface area contributed by atoms with Crippen LogP contribution in [0.3, 0.4) is 0 Å². The van der Waals surface area contributed by atoms with E-state index in [1.165, 1.54) is 0 Å². The zero-order valence-corrected chi connectivity index (χ0v) is 11.3. The van der Waals surface area contributed by atoms with Crippen molar-refractivity contribution in [2.75, 3.05) is 16.8 Å². The van der Waals surface area contributed by atoms with E-state index in [2.05, 4.69) is 5.32 Å². The quantitative estimate of drug-likeness (QED) is 0.842. The molecule has 102 valence electrons. The first-order chi connectivity index (χ1) is 8.99. The van der Waals surface area contributed by atoms with Crippen molar-refractivity contribution in [2.24, 2.45) is 5.73 Å². The average molecular weight is 261 g/mol. The van der Waals surface area contributed by atoms with E-state index in [-0.39, 0.29) is 11.8 Å². The Hall–Kier alpha value is -1.88. The molecule has 0 unspecified atom stereocenters. The molecule has 1 aromatic carbocycles. The summed E-state index contributed by atoms with van der Waals surface area (Å²) in [6, 6.07) is 5.07. The van der Waals surface area contributed by atoms with Crippen LogP contribution in [0.25, 0.3) is 0 Å². The molecule has 2 rings (SSSR count). The number of hydrogen-bond acceptors (Lipinski definition) is 3. The maximum Gasteiger partial charge on any atom is 0.240 e. The molecule has 19 heavy (non-hydrogen) atoms. The van der Waals surface area contributed by atoms with E-state index in [0.717, 1.165) is 36.3 Å². The Kier molecular flexibility index (Phi) is 3.85. The Morgan fingerprint density at radius 3 is 2.79 bits per heavy atom. The standard InChI is InChI=1S/C14H19N3O2/c1-9(15)14(19)16-12-5-6-13-11(8-12)4-3-7-17(13)10(2)18/h5-6,8-9H,3-4,7,15H2,1-2H3,(H,16,19)/t9-/m1/s1. The van der Waals surface area contributed by atoms with Gasteiger partial charge in [0.25, 0.3) is 0 Å². The van der Waals surface area contributed by atoms with Crippen LogP contribution in [0.15, 0.2) is 18.2 Å². The van der Waals surface area contributed by atoms with E-state index in [0.29, 0.717) is 0 Å². The number of aryl methyl sites for hydroxylation is 1. The maximum atomic E-state index is 11.6. The van der Waals surface area contributed by atoms with Crippen LogP contribution in [-0.4, -0.2) is 24.4 Å². The number of carbonyl (C=O) groups excluding carboxylic acids is 2. The highest BCUT2D eigenvalue weighted by Crippen LogP contribution is 2.29. The van der Waals surface area contributed by atoms with Crippen LogP contribution in [0, 0.1) is 0 Å². The minimum atomic E-state index is -0.537. The fourth-order valence-electron chi connectivity index (χ4n) is 2.26. The number of nitrogens with zero attached hydrogens (tertiary/aromatic N) is 1. The van der Waals surface area contributed by atoms with Crippen LogP contribution in [0.2, 0.25) is 0 Å². The van der Waals surface area contributed by atoms with E-state index < -0.39 is 6.04 Å². The van der Waals surface area contributed by atoms with Crippen LogP contribution >= 0.6 is 0 Å². The lowest BCUT2D eigenvalue weighted by atomic mass is 10.0. The molecule has 2 amide bonds. The minimum Gasteiger partial charge on any atom is -0.325 e. The number of nitrogens with one attached hydrogen (secondary N) is 1. The first kappa shape index (κ1) is 13.5. The van der Waals surface area contributed by atoms with Crippen LogP contribution < -0.4 is 16.0 Å². The molecule has 0 aliphatic carbocycles. The zero-order valence-electron chi connectivity index (χ0n) is 11.3. The third-order valence-corrected chi connectivity index (χ3v) is 3.26. The molecule has 0 radical (unpaired) electrons. The van der Waals surface area contributed by atoms with Gasteiger partial charge in [-0.15, -0.1) is 0 Å². The maximum absolute atomic E-state index is 11.6. The van der Waals surface area contributed by atoms with Crippen LogP contribution in [0.4, 0.5) is 11.4 Å². The fraction of sp³-hybridized carbons (Fsp3) is 0.429. The Morgan fingerprint density at radius 2 is 2.16 bits per heavy atom. The van der Waals surface area contributed by atoms with Crippen LogP contribution in [0.1, 0.15) is 25.8 Å². The van der Waals surface area contributed by atoms with E-state index in [9.17, 15) is 9.59 Å². The van der Waals surface area contributed by atoms with Gasteiger partial charge in [0.2, 0.25) is 11.8 Å². The van der Waals surface area contributed by atoms with E-state index >= 15 is 0 Å². The number of hydrogen-bond donors (Lipinski definition) is 2. The summed E-state index contributed by atoms with van der Waals surface area (Å²) in [6.07, 6.45) is 1.86. The lowest BCUT2D eigenvalue weighted by Crippen LogP contribution is -2.34. The molecule has 0 bridgehead atoms. The lowest BCUT2D eigenvalue weighted by molar-refractivity contribution is -0.117. The summed E-state index contributed by atoms with van der Waals surface area (Å²) in [5, 5.41) is 2.77. The summed E-state index contributed by atoms with van der Waals surface area (Å²) < 4.78 is 0. The van der Waals surface area contributed by atoms with Crippen molar-refractivity contribution in [3.8, 4) is 0 Å². The lowest BCUT2D eigenvalue weighted by Gasteiger charge is -2.29. The molecular formula is C14H19N3O2. The molecule has 5 nitrogen and oxygen atoms in total. The molecule has 5 heteroatoms. The first-order valence-electron chi connectivity index (χ1n) is 6.46. The van der Waals surface area contributed by atoms with Gasteiger partial charge in [0.15, 0.2) is 0 Å². The van der Waals surface area contributed by atoms with E-state index in [1.54, 1.807) is 24.8 Å². The molecule has 0 aromatic heterocycles. The van der Waals surface area contributed by atoms with Gasteiger partial charge in [-0.1, -0.05) is 0 Å². The molecule has 0 saturated heterocycles. The largest absolute Gasteiger partial charge is 0.325 e. The summed E-state index contributed by atoms with van der Waals surface area (Å²) in [6.45, 7) is 3.97. The third kappa shape index (κ3) is 2.93. The van der Waals surface area contributed by atoms with E-state index in [1.807, 2.05) is 12.1 Å². The second-order valence-corrected chi connectivity index (χ2v) is 4.90. The summed E-state index contributed by atoms with van der Waals surface area (Å²) in [4.78, 5) is 24.9. The first-order valence-corrected chi connectivity index (χ1v) is 6.46. The molecule has 1 aliphatic rings. The topological polar surface area (TPSA) is 75.4 Å². The number of fused-ring (bicyclic) bond motifs is 1. The van der Waals surface area contributed by atoms with Gasteiger partial charge in [0, 0.05) is 24.8 Å². The van der Waals surface area contributed by atoms with Gasteiger partial charge in [-0.25, -0.2) is 0 Å². The van der Waals surface area contributed by atoms with Gasteiger partial charge in [-0.05, 0) is 43.5 Å². The number of amides is 2. The monoisotopic (exact) mass is 261 g/mol. The third-order valence-electron chi connectivity index (χ3n) is 3.26. The molecule has 0 fully saturated rings. The minimum absolute atomic E-state index is 0.0494. The summed E-state index contributed by atoms with van der Waals surface area (Å²) in [7, 11) is 0. The number of benzene rings is 1. The number of anilines is 2. The smallest absolute Gasteiger partial charge is 0.240 e. The van der Waals surface area contributed by atoms with Gasteiger partial charge in [-0.2, -0.15) is 0 Å². The van der Waals surface area contributed by atoms with Crippen molar-refractivity contribution < 1.29 is 9.59 Å². The molecule has 0 saturated carbocycles. The van der Waals surface area contributed by atoms with Crippen molar-refractivity contribution in [3.05, 3.63) is 23.8 Å². The van der Waals surface area contributed by atoms with Crippen molar-refractivity contribution in [1.82, 2.24) is 0 Å². The van der Waals surface area contributed by atoms with Gasteiger partial charge in [0.1, 0.15) is 0 Å². The SMILES string of the molecule is CC(=O)N1CCCc2cc(NC(=O)[C@@H](C)N)ccc21. The van der Waals surface area contributed by atoms with Gasteiger partial charge < -0.3 is 16.0 Å². The molecule has 1 atom stereocenters. The highest BCUT2D eigenvalue weighted by atomic mass is 16.2. The van der Waals surface area contributed by atoms with Gasteiger partial charge >= 0.3 is 0 Å². The number of carbonyl (C=O) groups is 2. The Balaban J connectivity index is 2.24. The van der Waals surface area contributed by atoms with Crippen molar-refractivity contribution in [3.63, 3.8) is 0 Å². The highest BCUT2D eigenvalue weighted by molar-refractivity contribution is 5.96. The molecule has 1 heterocycles. The molecule has 0 spiro atoms. The second kappa shape index (κ2) is 5.40. The molecule has 1 aromatic rings. The molecule has 1 aliphatic heterocycles. The summed E-state index contributed by atoms with van der Waals surface area (Å²) in [5.41, 5.74) is 8.28. The Bertz CT molecular complexity index is 511. The predicted molar refractivity (Wildman–Crippen MR) is 75.1 cm³/mol. The van der Waals surface area contributed by atoms with Crippen molar-refractivity contribution >= 4 is 23.2 Å².